The van der Waals surface area contributed by atoms with Gasteiger partial charge in [0.1, 0.15) is 30.5 Å². The molecule has 2 aromatic rings. The summed E-state index contributed by atoms with van der Waals surface area (Å²) >= 11 is 0. The van der Waals surface area contributed by atoms with Gasteiger partial charge in [0.25, 0.3) is 0 Å². The van der Waals surface area contributed by atoms with Crippen molar-refractivity contribution < 1.29 is 27.0 Å². The van der Waals surface area contributed by atoms with Crippen LogP contribution in [-0.4, -0.2) is 53.2 Å². The molecule has 0 fully saturated rings. The fourth-order valence-corrected chi connectivity index (χ4v) is 3.54. The van der Waals surface area contributed by atoms with E-state index in [9.17, 15) is 12.8 Å². The summed E-state index contributed by atoms with van der Waals surface area (Å²) in [4.78, 5) is 0.184. The molecule has 2 rings (SSSR count). The minimum absolute atomic E-state index is 0.151. The van der Waals surface area contributed by atoms with Crippen LogP contribution in [0, 0.1) is 12.7 Å². The van der Waals surface area contributed by atoms with E-state index in [0.29, 0.717) is 24.7 Å². The van der Waals surface area contributed by atoms with Crippen LogP contribution in [0.1, 0.15) is 5.56 Å². The van der Waals surface area contributed by atoms with Gasteiger partial charge in [-0.1, -0.05) is 0 Å². The van der Waals surface area contributed by atoms with E-state index < -0.39 is 10.0 Å². The number of methoxy groups -OCH3 is 1. The SMILES string of the molecule is COCCOc1ccc(S(=O)(=O)N(C)CCOc2ccc(F)cc2)cc1C. The number of sulfonamides is 1. The third-order valence-corrected chi connectivity index (χ3v) is 5.74. The highest BCUT2D eigenvalue weighted by Gasteiger charge is 2.21. The zero-order valence-electron chi connectivity index (χ0n) is 15.6. The summed E-state index contributed by atoms with van der Waals surface area (Å²) in [5.74, 6) is 0.746. The molecule has 0 saturated heterocycles. The summed E-state index contributed by atoms with van der Waals surface area (Å²) in [6.07, 6.45) is 0. The summed E-state index contributed by atoms with van der Waals surface area (Å²) < 4.78 is 55.4. The highest BCUT2D eigenvalue weighted by atomic mass is 32.2. The Morgan fingerprint density at radius 3 is 2.33 bits per heavy atom. The Kier molecular flexibility index (Phi) is 7.58. The molecule has 0 bridgehead atoms. The average Bonchev–Trinajstić information content (AvgIpc) is 2.64. The number of nitrogens with zero attached hydrogens (tertiary/aromatic N) is 1. The van der Waals surface area contributed by atoms with Crippen molar-refractivity contribution in [3.63, 3.8) is 0 Å². The molecular weight excluding hydrogens is 373 g/mol. The second-order valence-electron chi connectivity index (χ2n) is 5.90. The Bertz CT molecular complexity index is 840. The number of rotatable bonds is 10. The molecule has 0 radical (unpaired) electrons. The molecule has 0 saturated carbocycles. The van der Waals surface area contributed by atoms with E-state index in [4.69, 9.17) is 14.2 Å². The quantitative estimate of drug-likeness (QED) is 0.577. The standard InChI is InChI=1S/C19H24FNO5S/c1-15-14-18(8-9-19(15)26-13-12-24-3)27(22,23)21(2)10-11-25-17-6-4-16(20)5-7-17/h4-9,14H,10-13H2,1-3H3. The lowest BCUT2D eigenvalue weighted by molar-refractivity contribution is 0.146. The summed E-state index contributed by atoms with van der Waals surface area (Å²) in [5.41, 5.74) is 0.725. The van der Waals surface area contributed by atoms with Crippen LogP contribution in [0.2, 0.25) is 0 Å². The Labute approximate surface area is 159 Å². The van der Waals surface area contributed by atoms with Crippen LogP contribution in [0.15, 0.2) is 47.4 Å². The average molecular weight is 397 g/mol. The molecule has 0 aliphatic carbocycles. The number of halogens is 1. The maximum Gasteiger partial charge on any atom is 0.242 e. The maximum atomic E-state index is 12.9. The third kappa shape index (κ3) is 5.92. The van der Waals surface area contributed by atoms with Gasteiger partial charge >= 0.3 is 0 Å². The number of likely N-dealkylation sites (N-methyl/N-ethyl adjacent to an activating group) is 1. The van der Waals surface area contributed by atoms with Crippen molar-refractivity contribution >= 4 is 10.0 Å². The summed E-state index contributed by atoms with van der Waals surface area (Å²) in [5, 5.41) is 0. The molecule has 0 heterocycles. The summed E-state index contributed by atoms with van der Waals surface area (Å²) in [7, 11) is -0.579. The van der Waals surface area contributed by atoms with Gasteiger partial charge in [-0.05, 0) is 55.0 Å². The van der Waals surface area contributed by atoms with Crippen molar-refractivity contribution in [3.8, 4) is 11.5 Å². The predicted octanol–water partition coefficient (Wildman–Crippen LogP) is 2.86. The Morgan fingerprint density at radius 1 is 1.00 bits per heavy atom. The molecule has 8 heteroatoms. The lowest BCUT2D eigenvalue weighted by Gasteiger charge is -2.18. The van der Waals surface area contributed by atoms with Crippen LogP contribution in [-0.2, 0) is 14.8 Å². The van der Waals surface area contributed by atoms with E-state index in [1.165, 1.54) is 41.7 Å². The topological polar surface area (TPSA) is 65.1 Å². The van der Waals surface area contributed by atoms with E-state index in [-0.39, 0.29) is 23.9 Å². The molecular formula is C19H24FNO5S. The van der Waals surface area contributed by atoms with Gasteiger partial charge in [-0.3, -0.25) is 0 Å². The van der Waals surface area contributed by atoms with Crippen molar-refractivity contribution in [1.82, 2.24) is 4.31 Å². The Hall–Kier alpha value is -2.16. The molecule has 0 spiro atoms. The van der Waals surface area contributed by atoms with Gasteiger partial charge in [0.2, 0.25) is 10.0 Å². The zero-order valence-corrected chi connectivity index (χ0v) is 16.5. The molecule has 148 valence electrons. The highest BCUT2D eigenvalue weighted by molar-refractivity contribution is 7.89. The molecule has 0 aromatic heterocycles. The first-order valence-corrected chi connectivity index (χ1v) is 9.85. The van der Waals surface area contributed by atoms with Crippen LogP contribution < -0.4 is 9.47 Å². The van der Waals surface area contributed by atoms with Gasteiger partial charge in [-0.15, -0.1) is 0 Å². The molecule has 0 aliphatic rings. The van der Waals surface area contributed by atoms with E-state index in [2.05, 4.69) is 0 Å². The predicted molar refractivity (Wildman–Crippen MR) is 100 cm³/mol. The van der Waals surface area contributed by atoms with E-state index >= 15 is 0 Å². The molecule has 27 heavy (non-hydrogen) atoms. The first kappa shape index (κ1) is 21.1. The van der Waals surface area contributed by atoms with Crippen molar-refractivity contribution in [2.45, 2.75) is 11.8 Å². The maximum absolute atomic E-state index is 12.9. The van der Waals surface area contributed by atoms with Gasteiger partial charge in [0.05, 0.1) is 11.5 Å². The van der Waals surface area contributed by atoms with Crippen LogP contribution in [0.25, 0.3) is 0 Å². The molecule has 0 unspecified atom stereocenters. The van der Waals surface area contributed by atoms with Gasteiger partial charge in [-0.2, -0.15) is 4.31 Å². The van der Waals surface area contributed by atoms with E-state index in [1.807, 2.05) is 0 Å². The van der Waals surface area contributed by atoms with E-state index in [0.717, 1.165) is 5.56 Å². The van der Waals surface area contributed by atoms with Crippen molar-refractivity contribution in [2.24, 2.45) is 0 Å². The number of aryl methyl sites for hydroxylation is 1. The summed E-state index contributed by atoms with van der Waals surface area (Å²) in [6, 6.07) is 10.3. The van der Waals surface area contributed by atoms with Gasteiger partial charge < -0.3 is 14.2 Å². The first-order chi connectivity index (χ1) is 12.8. The van der Waals surface area contributed by atoms with Crippen molar-refractivity contribution in [2.75, 3.05) is 40.5 Å². The normalized spacial score (nSPS) is 11.6. The largest absolute Gasteiger partial charge is 0.492 e. The zero-order chi connectivity index (χ0) is 19.9. The minimum Gasteiger partial charge on any atom is -0.492 e. The van der Waals surface area contributed by atoms with Gasteiger partial charge in [0, 0.05) is 20.7 Å². The molecule has 0 atom stereocenters. The van der Waals surface area contributed by atoms with Crippen LogP contribution in [0.4, 0.5) is 4.39 Å². The fourth-order valence-electron chi connectivity index (χ4n) is 2.30. The van der Waals surface area contributed by atoms with Crippen molar-refractivity contribution in [3.05, 3.63) is 53.8 Å². The molecule has 2 aromatic carbocycles. The number of ether oxygens (including phenoxy) is 3. The number of hydrogen-bond acceptors (Lipinski definition) is 5. The van der Waals surface area contributed by atoms with Crippen LogP contribution in [0.3, 0.4) is 0 Å². The first-order valence-electron chi connectivity index (χ1n) is 8.41. The molecule has 0 N–H and O–H groups in total. The smallest absolute Gasteiger partial charge is 0.242 e. The molecule has 0 amide bonds. The summed E-state index contributed by atoms with van der Waals surface area (Å²) in [6.45, 7) is 2.95. The monoisotopic (exact) mass is 397 g/mol. The van der Waals surface area contributed by atoms with Crippen molar-refractivity contribution in [1.29, 1.82) is 0 Å². The molecule has 6 nitrogen and oxygen atoms in total. The number of benzene rings is 2. The van der Waals surface area contributed by atoms with E-state index in [1.54, 1.807) is 26.2 Å². The lowest BCUT2D eigenvalue weighted by atomic mass is 10.2. The van der Waals surface area contributed by atoms with Crippen LogP contribution in [0.5, 0.6) is 11.5 Å². The highest BCUT2D eigenvalue weighted by Crippen LogP contribution is 2.23. The van der Waals surface area contributed by atoms with Gasteiger partial charge in [0.15, 0.2) is 0 Å². The Balaban J connectivity index is 1.97. The van der Waals surface area contributed by atoms with Crippen LogP contribution >= 0.6 is 0 Å². The second kappa shape index (κ2) is 9.68. The lowest BCUT2D eigenvalue weighted by Crippen LogP contribution is -2.31. The Morgan fingerprint density at radius 2 is 1.70 bits per heavy atom. The van der Waals surface area contributed by atoms with Gasteiger partial charge in [-0.25, -0.2) is 12.8 Å². The number of hydrogen-bond donors (Lipinski definition) is 0. The fraction of sp³-hybridized carbons (Fsp3) is 0.368. The minimum atomic E-state index is -3.65. The molecule has 0 aliphatic heterocycles. The second-order valence-corrected chi connectivity index (χ2v) is 7.94. The third-order valence-electron chi connectivity index (χ3n) is 3.89.